The summed E-state index contributed by atoms with van der Waals surface area (Å²) in [5.41, 5.74) is 8.50. The van der Waals surface area contributed by atoms with Crippen molar-refractivity contribution in [3.8, 4) is 0 Å². The van der Waals surface area contributed by atoms with E-state index >= 15 is 0 Å². The summed E-state index contributed by atoms with van der Waals surface area (Å²) in [7, 11) is 1.72. The molecule has 37 heavy (non-hydrogen) atoms. The number of ketones is 1. The number of piperidine rings is 1. The molecule has 9 nitrogen and oxygen atoms in total. The normalized spacial score (nSPS) is 16.4. The van der Waals surface area contributed by atoms with Gasteiger partial charge in [-0.15, -0.1) is 0 Å². The van der Waals surface area contributed by atoms with Crippen LogP contribution in [0.4, 0.5) is 11.8 Å². The van der Waals surface area contributed by atoms with Gasteiger partial charge in [0.15, 0.2) is 17.3 Å². The number of benzene rings is 2. The number of nitrogens with one attached hydrogen (secondary N) is 2. The van der Waals surface area contributed by atoms with E-state index < -0.39 is 12.0 Å². The molecular formula is C27H33BrN6O3. The topological polar surface area (TPSA) is 126 Å². The van der Waals surface area contributed by atoms with Gasteiger partial charge in [-0.05, 0) is 37.0 Å². The number of nitrogens with zero attached hydrogens (tertiary/aromatic N) is 3. The number of anilines is 2. The fourth-order valence-corrected chi connectivity index (χ4v) is 5.09. The average Bonchev–Trinajstić information content (AvgIpc) is 3.26. The first-order chi connectivity index (χ1) is 17.8. The summed E-state index contributed by atoms with van der Waals surface area (Å²) in [4.78, 5) is 33.4. The number of aliphatic hydroxyl groups excluding tert-OH is 1. The first kappa shape index (κ1) is 26.8. The summed E-state index contributed by atoms with van der Waals surface area (Å²) in [5.74, 6) is 0.385. The lowest BCUT2D eigenvalue weighted by Gasteiger charge is -2.32. The molecule has 1 amide bonds. The average molecular weight is 570 g/mol. The van der Waals surface area contributed by atoms with E-state index in [9.17, 15) is 14.7 Å². The Labute approximate surface area is 225 Å². The Balaban J connectivity index is 1.66. The second kappa shape index (κ2) is 11.9. The Hall–Kier alpha value is -3.21. The van der Waals surface area contributed by atoms with Crippen LogP contribution in [0.15, 0.2) is 53.0 Å². The maximum Gasteiger partial charge on any atom is 0.272 e. The summed E-state index contributed by atoms with van der Waals surface area (Å²) >= 11 is 3.61. The van der Waals surface area contributed by atoms with Crippen LogP contribution in [0.5, 0.6) is 0 Å². The van der Waals surface area contributed by atoms with E-state index in [1.54, 1.807) is 38.2 Å². The predicted octanol–water partition coefficient (Wildman–Crippen LogP) is 3.33. The Morgan fingerprint density at radius 1 is 1.22 bits per heavy atom. The lowest BCUT2D eigenvalue weighted by atomic mass is 10.00. The molecular weight excluding hydrogens is 536 g/mol. The molecule has 10 heteroatoms. The van der Waals surface area contributed by atoms with E-state index in [0.29, 0.717) is 41.7 Å². The summed E-state index contributed by atoms with van der Waals surface area (Å²) < 4.78 is 2.81. The Bertz CT molecular complexity index is 1270. The van der Waals surface area contributed by atoms with Crippen molar-refractivity contribution < 1.29 is 14.7 Å². The highest BCUT2D eigenvalue weighted by Gasteiger charge is 2.29. The molecule has 2 atom stereocenters. The van der Waals surface area contributed by atoms with Gasteiger partial charge in [0, 0.05) is 36.2 Å². The molecule has 2 aromatic carbocycles. The molecule has 0 aliphatic carbocycles. The number of hydrogen-bond donors (Lipinski definition) is 4. The van der Waals surface area contributed by atoms with Crippen LogP contribution in [0.25, 0.3) is 0 Å². The fourth-order valence-electron chi connectivity index (χ4n) is 4.68. The number of halogens is 1. The quantitative estimate of drug-likeness (QED) is 0.292. The van der Waals surface area contributed by atoms with Gasteiger partial charge in [0.2, 0.25) is 5.95 Å². The van der Waals surface area contributed by atoms with Crippen molar-refractivity contribution in [2.24, 2.45) is 5.73 Å². The molecule has 4 rings (SSSR count). The predicted molar refractivity (Wildman–Crippen MR) is 148 cm³/mol. The van der Waals surface area contributed by atoms with Crippen molar-refractivity contribution in [1.29, 1.82) is 0 Å². The highest BCUT2D eigenvalue weighted by atomic mass is 79.9. The van der Waals surface area contributed by atoms with Crippen molar-refractivity contribution in [3.05, 3.63) is 75.4 Å². The second-order valence-corrected chi connectivity index (χ2v) is 10.1. The van der Waals surface area contributed by atoms with E-state index in [2.05, 4.69) is 31.5 Å². The summed E-state index contributed by atoms with van der Waals surface area (Å²) in [5, 5.41) is 15.9. The van der Waals surface area contributed by atoms with Crippen LogP contribution in [0.1, 0.15) is 57.8 Å². The van der Waals surface area contributed by atoms with Crippen molar-refractivity contribution in [3.63, 3.8) is 0 Å². The minimum Gasteiger partial charge on any atom is -0.389 e. The lowest BCUT2D eigenvalue weighted by Crippen LogP contribution is -2.44. The van der Waals surface area contributed by atoms with Crippen LogP contribution >= 0.6 is 15.9 Å². The molecule has 196 valence electrons. The smallest absolute Gasteiger partial charge is 0.272 e. The number of imidazole rings is 1. The van der Waals surface area contributed by atoms with Crippen molar-refractivity contribution in [2.45, 2.75) is 38.5 Å². The highest BCUT2D eigenvalue weighted by Crippen LogP contribution is 2.29. The Morgan fingerprint density at radius 2 is 1.95 bits per heavy atom. The molecule has 0 bridgehead atoms. The molecule has 0 radical (unpaired) electrons. The van der Waals surface area contributed by atoms with Crippen LogP contribution in [0.2, 0.25) is 0 Å². The Kier molecular flexibility index (Phi) is 8.63. The van der Waals surface area contributed by atoms with Crippen molar-refractivity contribution in [2.75, 3.05) is 36.9 Å². The van der Waals surface area contributed by atoms with Crippen molar-refractivity contribution >= 4 is 39.4 Å². The summed E-state index contributed by atoms with van der Waals surface area (Å²) in [6.07, 6.45) is 1.09. The first-order valence-corrected chi connectivity index (χ1v) is 13.2. The molecule has 1 aliphatic rings. The number of aromatic nitrogens is 2. The minimum atomic E-state index is -0.795. The van der Waals surface area contributed by atoms with Crippen LogP contribution < -0.4 is 21.3 Å². The number of carbonyl (C=O) groups excluding carboxylic acids is 2. The van der Waals surface area contributed by atoms with Gasteiger partial charge in [-0.25, -0.2) is 0 Å². The number of hydrogen-bond acceptors (Lipinski definition) is 7. The third-order valence-corrected chi connectivity index (χ3v) is 7.32. The van der Waals surface area contributed by atoms with E-state index in [0.717, 1.165) is 29.4 Å². The van der Waals surface area contributed by atoms with Crippen LogP contribution in [0.3, 0.4) is 0 Å². The van der Waals surface area contributed by atoms with Gasteiger partial charge in [0.05, 0.1) is 19.2 Å². The van der Waals surface area contributed by atoms with Crippen LogP contribution in [0, 0.1) is 0 Å². The van der Waals surface area contributed by atoms with E-state index in [1.807, 2.05) is 28.8 Å². The number of rotatable bonds is 9. The standard InChI is InChI=1S/C27H33BrN6O3/c1-17(35)20-10-4-5-11-21(20)23(36)14-31-26(37)24-25(30-2)32-27(33-13-7-9-19(29)16-33)34(24)15-18-8-3-6-12-22(18)28/h3-6,8,10-12,17,19,30,35H,7,9,13-16,29H2,1-2H3,(H,31,37). The molecule has 2 heterocycles. The minimum absolute atomic E-state index is 0.0317. The fraction of sp³-hybridized carbons (Fsp3) is 0.370. The highest BCUT2D eigenvalue weighted by molar-refractivity contribution is 9.10. The lowest BCUT2D eigenvalue weighted by molar-refractivity contribution is 0.0897. The van der Waals surface area contributed by atoms with Gasteiger partial charge in [-0.3, -0.25) is 14.2 Å². The van der Waals surface area contributed by atoms with Gasteiger partial charge in [0.1, 0.15) is 0 Å². The summed E-state index contributed by atoms with van der Waals surface area (Å²) in [6, 6.07) is 14.7. The monoisotopic (exact) mass is 568 g/mol. The number of Topliss-reactive ketones (excluding diaryl/α,β-unsaturated/α-hetero) is 1. The first-order valence-electron chi connectivity index (χ1n) is 12.4. The molecule has 3 aromatic rings. The molecule has 5 N–H and O–H groups in total. The maximum absolute atomic E-state index is 13.6. The molecule has 1 fully saturated rings. The molecule has 1 aromatic heterocycles. The maximum atomic E-state index is 13.6. The molecule has 0 spiro atoms. The Morgan fingerprint density at radius 3 is 2.65 bits per heavy atom. The zero-order chi connectivity index (χ0) is 26.5. The SMILES string of the molecule is CNc1nc(N2CCCC(N)C2)n(Cc2ccccc2Br)c1C(=O)NCC(=O)c1ccccc1C(C)O. The van der Waals surface area contributed by atoms with Crippen molar-refractivity contribution in [1.82, 2.24) is 14.9 Å². The number of aliphatic hydroxyl groups is 1. The van der Waals surface area contributed by atoms with Gasteiger partial charge in [-0.2, -0.15) is 4.98 Å². The zero-order valence-electron chi connectivity index (χ0n) is 21.1. The van der Waals surface area contributed by atoms with Gasteiger partial charge < -0.3 is 26.4 Å². The van der Waals surface area contributed by atoms with Gasteiger partial charge >= 0.3 is 0 Å². The van der Waals surface area contributed by atoms with Gasteiger partial charge in [0.25, 0.3) is 5.91 Å². The zero-order valence-corrected chi connectivity index (χ0v) is 22.7. The third-order valence-electron chi connectivity index (χ3n) is 6.55. The number of carbonyl (C=O) groups is 2. The largest absolute Gasteiger partial charge is 0.389 e. The van der Waals surface area contributed by atoms with Gasteiger partial charge in [-0.1, -0.05) is 58.4 Å². The van der Waals surface area contributed by atoms with Crippen LogP contribution in [-0.2, 0) is 6.54 Å². The van der Waals surface area contributed by atoms with Crippen LogP contribution in [-0.4, -0.2) is 59.1 Å². The van der Waals surface area contributed by atoms with E-state index in [1.165, 1.54) is 0 Å². The molecule has 0 saturated carbocycles. The number of nitrogens with two attached hydrogens (primary N) is 1. The molecule has 1 saturated heterocycles. The van der Waals surface area contributed by atoms with E-state index in [4.69, 9.17) is 10.7 Å². The summed E-state index contributed by atoms with van der Waals surface area (Å²) in [6.45, 7) is 3.23. The molecule has 1 aliphatic heterocycles. The number of amides is 1. The van der Waals surface area contributed by atoms with E-state index in [-0.39, 0.29) is 18.4 Å². The third kappa shape index (κ3) is 6.03. The second-order valence-electron chi connectivity index (χ2n) is 9.25. The molecule has 2 unspecified atom stereocenters.